The molecule has 4 rings (SSSR count). The van der Waals surface area contributed by atoms with E-state index in [-0.39, 0.29) is 18.2 Å². The molecular weight excluding hydrogens is 390 g/mol. The minimum atomic E-state index is -0.397. The van der Waals surface area contributed by atoms with Crippen LogP contribution in [0, 0.1) is 12.8 Å². The minimum Gasteiger partial charge on any atom is -0.497 e. The molecule has 1 atom stereocenters. The first kappa shape index (κ1) is 19.2. The first-order valence-electron chi connectivity index (χ1n) is 9.26. The molecule has 3 aromatic rings. The number of amides is 2. The molecule has 0 aliphatic carbocycles. The van der Waals surface area contributed by atoms with Crippen LogP contribution >= 0.6 is 11.3 Å². The van der Waals surface area contributed by atoms with Crippen molar-refractivity contribution < 1.29 is 18.7 Å². The van der Waals surface area contributed by atoms with Crippen molar-refractivity contribution in [3.63, 3.8) is 0 Å². The number of hydrogen-bond donors (Lipinski definition) is 1. The molecule has 29 heavy (non-hydrogen) atoms. The van der Waals surface area contributed by atoms with Crippen LogP contribution in [0.4, 0.5) is 5.13 Å². The number of carbonyl (C=O) groups is 2. The van der Waals surface area contributed by atoms with Crippen LogP contribution in [-0.4, -0.2) is 35.4 Å². The van der Waals surface area contributed by atoms with Crippen molar-refractivity contribution in [2.75, 3.05) is 19.0 Å². The van der Waals surface area contributed by atoms with Gasteiger partial charge in [-0.1, -0.05) is 0 Å². The predicted molar refractivity (Wildman–Crippen MR) is 110 cm³/mol. The molecule has 1 aliphatic rings. The Balaban J connectivity index is 1.41. The molecule has 2 aromatic heterocycles. The van der Waals surface area contributed by atoms with Crippen molar-refractivity contribution in [1.29, 1.82) is 0 Å². The molecule has 1 fully saturated rings. The Bertz CT molecular complexity index is 1010. The monoisotopic (exact) mass is 411 g/mol. The lowest BCUT2D eigenvalue weighted by Crippen LogP contribution is -2.27. The van der Waals surface area contributed by atoms with Crippen LogP contribution in [-0.2, 0) is 16.1 Å². The Morgan fingerprint density at radius 3 is 2.83 bits per heavy atom. The summed E-state index contributed by atoms with van der Waals surface area (Å²) in [6.45, 7) is 2.73. The zero-order valence-electron chi connectivity index (χ0n) is 16.2. The van der Waals surface area contributed by atoms with Gasteiger partial charge in [0, 0.05) is 23.4 Å². The quantitative estimate of drug-likeness (QED) is 0.668. The van der Waals surface area contributed by atoms with Crippen LogP contribution in [0.5, 0.6) is 5.75 Å². The van der Waals surface area contributed by atoms with Crippen molar-refractivity contribution in [3.8, 4) is 17.0 Å². The summed E-state index contributed by atoms with van der Waals surface area (Å²) in [4.78, 5) is 32.2. The number of benzene rings is 1. The van der Waals surface area contributed by atoms with Crippen LogP contribution in [0.1, 0.15) is 17.1 Å². The lowest BCUT2D eigenvalue weighted by Gasteiger charge is -2.14. The van der Waals surface area contributed by atoms with E-state index >= 15 is 0 Å². The van der Waals surface area contributed by atoms with Crippen LogP contribution in [0.2, 0.25) is 0 Å². The average molecular weight is 411 g/mol. The number of likely N-dealkylation sites (tertiary alicyclic amines) is 1. The Labute approximate surface area is 172 Å². The van der Waals surface area contributed by atoms with Crippen LogP contribution < -0.4 is 10.1 Å². The molecule has 3 heterocycles. The zero-order chi connectivity index (χ0) is 20.4. The van der Waals surface area contributed by atoms with Crippen molar-refractivity contribution in [3.05, 3.63) is 53.3 Å². The van der Waals surface area contributed by atoms with Gasteiger partial charge in [0.15, 0.2) is 5.13 Å². The number of nitrogens with zero attached hydrogens (tertiary/aromatic N) is 2. The number of methoxy groups -OCH3 is 1. The fourth-order valence-corrected chi connectivity index (χ4v) is 4.20. The summed E-state index contributed by atoms with van der Waals surface area (Å²) in [5.74, 6) is 0.858. The maximum absolute atomic E-state index is 12.7. The molecule has 0 radical (unpaired) electrons. The standard InChI is InChI=1S/C21H21N3O4S/c1-13-19(14-5-7-16(27-2)8-6-14)22-21(29-13)23-20(26)15-10-18(25)24(11-15)12-17-4-3-9-28-17/h3-9,15H,10-12H2,1-2H3,(H,22,23,26)/t15-/m0/s1. The fourth-order valence-electron chi connectivity index (χ4n) is 3.37. The summed E-state index contributed by atoms with van der Waals surface area (Å²) in [6.07, 6.45) is 1.77. The largest absolute Gasteiger partial charge is 0.497 e. The Kier molecular flexibility index (Phi) is 5.35. The van der Waals surface area contributed by atoms with Gasteiger partial charge in [-0.15, -0.1) is 11.3 Å². The van der Waals surface area contributed by atoms with E-state index < -0.39 is 5.92 Å². The number of hydrogen-bond acceptors (Lipinski definition) is 6. The molecule has 0 unspecified atom stereocenters. The summed E-state index contributed by atoms with van der Waals surface area (Å²) in [7, 11) is 1.63. The van der Waals surface area contributed by atoms with Crippen molar-refractivity contribution in [1.82, 2.24) is 9.88 Å². The topological polar surface area (TPSA) is 84.7 Å². The van der Waals surface area contributed by atoms with Gasteiger partial charge in [0.05, 0.1) is 31.5 Å². The second kappa shape index (κ2) is 8.08. The molecule has 1 saturated heterocycles. The maximum Gasteiger partial charge on any atom is 0.231 e. The third-order valence-electron chi connectivity index (χ3n) is 4.90. The van der Waals surface area contributed by atoms with Gasteiger partial charge in [0.25, 0.3) is 0 Å². The Morgan fingerprint density at radius 1 is 1.34 bits per heavy atom. The first-order valence-corrected chi connectivity index (χ1v) is 10.1. The molecule has 150 valence electrons. The van der Waals surface area contributed by atoms with Gasteiger partial charge in [-0.2, -0.15) is 0 Å². The molecule has 0 bridgehead atoms. The van der Waals surface area contributed by atoms with Crippen LogP contribution in [0.3, 0.4) is 0 Å². The summed E-state index contributed by atoms with van der Waals surface area (Å²) in [6, 6.07) is 11.2. The molecule has 7 nitrogen and oxygen atoms in total. The number of nitrogens with one attached hydrogen (secondary N) is 1. The van der Waals surface area contributed by atoms with E-state index in [4.69, 9.17) is 9.15 Å². The van der Waals surface area contributed by atoms with E-state index in [0.717, 1.165) is 21.9 Å². The van der Waals surface area contributed by atoms with Gasteiger partial charge in [-0.25, -0.2) is 4.98 Å². The summed E-state index contributed by atoms with van der Waals surface area (Å²) in [5.41, 5.74) is 1.79. The molecule has 1 N–H and O–H groups in total. The number of thiazole rings is 1. The van der Waals surface area contributed by atoms with Crippen LogP contribution in [0.15, 0.2) is 47.1 Å². The highest BCUT2D eigenvalue weighted by Gasteiger charge is 2.35. The molecule has 2 amide bonds. The Hall–Kier alpha value is -3.13. The Morgan fingerprint density at radius 2 is 2.14 bits per heavy atom. The summed E-state index contributed by atoms with van der Waals surface area (Å²) in [5, 5.41) is 3.42. The number of aromatic nitrogens is 1. The number of rotatable bonds is 6. The average Bonchev–Trinajstić information content (AvgIpc) is 3.44. The lowest BCUT2D eigenvalue weighted by atomic mass is 10.1. The predicted octanol–water partition coefficient (Wildman–Crippen LogP) is 3.71. The number of ether oxygens (including phenoxy) is 1. The minimum absolute atomic E-state index is 0.0456. The second-order valence-electron chi connectivity index (χ2n) is 6.90. The van der Waals surface area contributed by atoms with E-state index in [1.807, 2.05) is 37.3 Å². The summed E-state index contributed by atoms with van der Waals surface area (Å²) >= 11 is 1.42. The van der Waals surface area contributed by atoms with Gasteiger partial charge >= 0.3 is 0 Å². The number of aryl methyl sites for hydroxylation is 1. The molecule has 8 heteroatoms. The van der Waals surface area contributed by atoms with Gasteiger partial charge in [0.2, 0.25) is 11.8 Å². The molecule has 1 aromatic carbocycles. The van der Waals surface area contributed by atoms with Gasteiger partial charge in [-0.3, -0.25) is 9.59 Å². The highest BCUT2D eigenvalue weighted by molar-refractivity contribution is 7.16. The number of anilines is 1. The molecular formula is C21H21N3O4S. The molecule has 0 saturated carbocycles. The second-order valence-corrected chi connectivity index (χ2v) is 8.10. The van der Waals surface area contributed by atoms with E-state index in [9.17, 15) is 9.59 Å². The van der Waals surface area contributed by atoms with E-state index in [2.05, 4.69) is 10.3 Å². The highest BCUT2D eigenvalue weighted by atomic mass is 32.1. The van der Waals surface area contributed by atoms with Crippen molar-refractivity contribution in [2.45, 2.75) is 19.9 Å². The van der Waals surface area contributed by atoms with Crippen molar-refractivity contribution in [2.24, 2.45) is 5.92 Å². The van der Waals surface area contributed by atoms with E-state index in [1.54, 1.807) is 24.3 Å². The SMILES string of the molecule is COc1ccc(-c2nc(NC(=O)[C@H]3CC(=O)N(Cc4ccco4)C3)sc2C)cc1. The fraction of sp³-hybridized carbons (Fsp3) is 0.286. The maximum atomic E-state index is 12.7. The third kappa shape index (κ3) is 4.17. The van der Waals surface area contributed by atoms with E-state index in [1.165, 1.54) is 11.3 Å². The van der Waals surface area contributed by atoms with Crippen molar-refractivity contribution >= 4 is 28.3 Å². The normalized spacial score (nSPS) is 16.3. The molecule has 1 aliphatic heterocycles. The lowest BCUT2D eigenvalue weighted by molar-refractivity contribution is -0.128. The number of carbonyl (C=O) groups excluding carboxylic acids is 2. The van der Waals surface area contributed by atoms with E-state index in [0.29, 0.717) is 24.0 Å². The third-order valence-corrected chi connectivity index (χ3v) is 5.79. The van der Waals surface area contributed by atoms with Crippen LogP contribution in [0.25, 0.3) is 11.3 Å². The van der Waals surface area contributed by atoms with Gasteiger partial charge < -0.3 is 19.4 Å². The summed E-state index contributed by atoms with van der Waals surface area (Å²) < 4.78 is 10.5. The molecule has 0 spiro atoms. The first-order chi connectivity index (χ1) is 14.0. The highest BCUT2D eigenvalue weighted by Crippen LogP contribution is 2.32. The zero-order valence-corrected chi connectivity index (χ0v) is 17.0. The van der Waals surface area contributed by atoms with Gasteiger partial charge in [0.1, 0.15) is 11.5 Å². The van der Waals surface area contributed by atoms with Gasteiger partial charge in [-0.05, 0) is 43.3 Å². The smallest absolute Gasteiger partial charge is 0.231 e. The number of furan rings is 1.